The van der Waals surface area contributed by atoms with Crippen molar-refractivity contribution in [3.8, 4) is 0 Å². The fourth-order valence-electron chi connectivity index (χ4n) is 2.58. The molecular formula is C13H13NO3. The van der Waals surface area contributed by atoms with Crippen molar-refractivity contribution < 1.29 is 14.3 Å². The fourth-order valence-corrected chi connectivity index (χ4v) is 2.58. The van der Waals surface area contributed by atoms with Crippen LogP contribution in [0.3, 0.4) is 0 Å². The van der Waals surface area contributed by atoms with Crippen molar-refractivity contribution in [2.75, 3.05) is 13.1 Å². The molecule has 88 valence electrons. The molecule has 2 fully saturated rings. The van der Waals surface area contributed by atoms with Crippen LogP contribution in [-0.4, -0.2) is 29.9 Å². The van der Waals surface area contributed by atoms with Gasteiger partial charge in [0.05, 0.1) is 11.8 Å². The normalized spacial score (nSPS) is 28.2. The van der Waals surface area contributed by atoms with Gasteiger partial charge in [-0.1, -0.05) is 30.3 Å². The van der Waals surface area contributed by atoms with Gasteiger partial charge in [-0.05, 0) is 5.56 Å². The molecule has 4 heteroatoms. The molecule has 2 saturated heterocycles. The molecule has 0 aliphatic carbocycles. The van der Waals surface area contributed by atoms with Gasteiger partial charge >= 0.3 is 11.9 Å². The number of carbonyl (C=O) groups is 2. The molecule has 2 atom stereocenters. The average molecular weight is 231 g/mol. The van der Waals surface area contributed by atoms with Crippen LogP contribution in [0.25, 0.3) is 0 Å². The lowest BCUT2D eigenvalue weighted by molar-refractivity contribution is -0.154. The molecule has 0 amide bonds. The van der Waals surface area contributed by atoms with Gasteiger partial charge in [0.25, 0.3) is 0 Å². The van der Waals surface area contributed by atoms with E-state index in [-0.39, 0.29) is 23.8 Å². The summed E-state index contributed by atoms with van der Waals surface area (Å²) in [6.45, 7) is 2.04. The summed E-state index contributed by atoms with van der Waals surface area (Å²) in [7, 11) is 0. The van der Waals surface area contributed by atoms with Crippen molar-refractivity contribution in [1.82, 2.24) is 4.90 Å². The van der Waals surface area contributed by atoms with Crippen LogP contribution >= 0.6 is 0 Å². The van der Waals surface area contributed by atoms with Crippen LogP contribution in [0.5, 0.6) is 0 Å². The molecule has 1 aromatic rings. The van der Waals surface area contributed by atoms with Crippen molar-refractivity contribution in [3.63, 3.8) is 0 Å². The van der Waals surface area contributed by atoms with Crippen LogP contribution in [0.4, 0.5) is 0 Å². The highest BCUT2D eigenvalue weighted by atomic mass is 16.6. The Morgan fingerprint density at radius 3 is 2.24 bits per heavy atom. The summed E-state index contributed by atoms with van der Waals surface area (Å²) in [6, 6.07) is 10.1. The number of rotatable bonds is 2. The van der Waals surface area contributed by atoms with Gasteiger partial charge in [0, 0.05) is 19.6 Å². The van der Waals surface area contributed by atoms with Crippen molar-refractivity contribution in [2.45, 2.75) is 6.54 Å². The third kappa shape index (κ3) is 1.85. The molecule has 2 aliphatic heterocycles. The molecule has 3 rings (SSSR count). The van der Waals surface area contributed by atoms with Gasteiger partial charge in [0.15, 0.2) is 0 Å². The number of hydrogen-bond acceptors (Lipinski definition) is 4. The Hall–Kier alpha value is -1.68. The van der Waals surface area contributed by atoms with E-state index in [0.29, 0.717) is 13.1 Å². The number of ether oxygens (including phenoxy) is 1. The zero-order valence-electron chi connectivity index (χ0n) is 9.33. The Labute approximate surface area is 99.2 Å². The minimum atomic E-state index is -0.351. The molecule has 0 aromatic heterocycles. The second-order valence-corrected chi connectivity index (χ2v) is 4.63. The highest BCUT2D eigenvalue weighted by Gasteiger charge is 2.49. The van der Waals surface area contributed by atoms with Crippen LogP contribution in [0.2, 0.25) is 0 Å². The van der Waals surface area contributed by atoms with E-state index in [1.807, 2.05) is 30.3 Å². The molecule has 2 heterocycles. The molecule has 4 nitrogen and oxygen atoms in total. The van der Waals surface area contributed by atoms with Crippen LogP contribution in [0.15, 0.2) is 30.3 Å². The van der Waals surface area contributed by atoms with Crippen LogP contribution in [0, 0.1) is 11.8 Å². The van der Waals surface area contributed by atoms with Gasteiger partial charge in [0.1, 0.15) is 0 Å². The monoisotopic (exact) mass is 231 g/mol. The van der Waals surface area contributed by atoms with E-state index >= 15 is 0 Å². The number of hydrogen-bond donors (Lipinski definition) is 0. The van der Waals surface area contributed by atoms with Gasteiger partial charge in [-0.2, -0.15) is 0 Å². The van der Waals surface area contributed by atoms with Crippen molar-refractivity contribution in [3.05, 3.63) is 35.9 Å². The van der Waals surface area contributed by atoms with E-state index in [1.54, 1.807) is 0 Å². The quantitative estimate of drug-likeness (QED) is 0.558. The lowest BCUT2D eigenvalue weighted by atomic mass is 10.00. The average Bonchev–Trinajstić information content (AvgIpc) is 2.83. The summed E-state index contributed by atoms with van der Waals surface area (Å²) in [5, 5.41) is 0. The molecule has 0 N–H and O–H groups in total. The zero-order valence-corrected chi connectivity index (χ0v) is 9.33. The topological polar surface area (TPSA) is 46.6 Å². The summed E-state index contributed by atoms with van der Waals surface area (Å²) in [5.74, 6) is -1.19. The Bertz CT molecular complexity index is 435. The smallest absolute Gasteiger partial charge is 0.318 e. The summed E-state index contributed by atoms with van der Waals surface area (Å²) < 4.78 is 4.62. The highest BCUT2D eigenvalue weighted by Crippen LogP contribution is 2.32. The standard InChI is InChI=1S/C13H13NO3/c15-12-10-7-14(8-11(10)13(16)17-12)6-9-4-2-1-3-5-9/h1-5,10-11H,6-8H2/t10-,11-/m0/s1. The first-order chi connectivity index (χ1) is 8.24. The number of nitrogens with zero attached hydrogens (tertiary/aromatic N) is 1. The predicted molar refractivity (Wildman–Crippen MR) is 59.8 cm³/mol. The molecule has 0 spiro atoms. The van der Waals surface area contributed by atoms with Gasteiger partial charge in [-0.15, -0.1) is 0 Å². The van der Waals surface area contributed by atoms with Gasteiger partial charge < -0.3 is 4.74 Å². The lowest BCUT2D eigenvalue weighted by Crippen LogP contribution is -2.24. The van der Waals surface area contributed by atoms with Gasteiger partial charge in [-0.3, -0.25) is 14.5 Å². The Balaban J connectivity index is 1.69. The summed E-state index contributed by atoms with van der Waals surface area (Å²) in [6.07, 6.45) is 0. The van der Waals surface area contributed by atoms with Crippen molar-refractivity contribution in [1.29, 1.82) is 0 Å². The van der Waals surface area contributed by atoms with E-state index in [9.17, 15) is 9.59 Å². The van der Waals surface area contributed by atoms with Gasteiger partial charge in [0.2, 0.25) is 0 Å². The maximum absolute atomic E-state index is 11.4. The third-order valence-electron chi connectivity index (χ3n) is 3.45. The number of likely N-dealkylation sites (tertiary alicyclic amines) is 1. The van der Waals surface area contributed by atoms with Crippen LogP contribution < -0.4 is 0 Å². The second kappa shape index (κ2) is 3.96. The number of benzene rings is 1. The minimum Gasteiger partial charge on any atom is -0.393 e. The number of fused-ring (bicyclic) bond motifs is 1. The van der Waals surface area contributed by atoms with Gasteiger partial charge in [-0.25, -0.2) is 0 Å². The Kier molecular flexibility index (Phi) is 2.44. The van der Waals surface area contributed by atoms with E-state index in [4.69, 9.17) is 0 Å². The van der Waals surface area contributed by atoms with Crippen LogP contribution in [-0.2, 0) is 20.9 Å². The van der Waals surface area contributed by atoms with Crippen molar-refractivity contribution >= 4 is 11.9 Å². The molecule has 0 bridgehead atoms. The first kappa shape index (κ1) is 10.5. The molecule has 17 heavy (non-hydrogen) atoms. The Morgan fingerprint density at radius 1 is 1.06 bits per heavy atom. The summed E-state index contributed by atoms with van der Waals surface area (Å²) in [4.78, 5) is 24.9. The minimum absolute atomic E-state index is 0.244. The SMILES string of the molecule is O=C1OC(=O)[C@H]2CN(Cc3ccccc3)C[C@H]12. The summed E-state index contributed by atoms with van der Waals surface area (Å²) >= 11 is 0. The second-order valence-electron chi connectivity index (χ2n) is 4.63. The van der Waals surface area contributed by atoms with Crippen molar-refractivity contribution in [2.24, 2.45) is 11.8 Å². The lowest BCUT2D eigenvalue weighted by Gasteiger charge is -2.15. The maximum atomic E-state index is 11.4. The number of cyclic esters (lactones) is 2. The van der Waals surface area contributed by atoms with Crippen LogP contribution in [0.1, 0.15) is 5.56 Å². The number of carbonyl (C=O) groups excluding carboxylic acids is 2. The largest absolute Gasteiger partial charge is 0.393 e. The van der Waals surface area contributed by atoms with E-state index in [2.05, 4.69) is 9.64 Å². The fraction of sp³-hybridized carbons (Fsp3) is 0.385. The molecule has 0 radical (unpaired) electrons. The first-order valence-electron chi connectivity index (χ1n) is 5.76. The highest BCUT2D eigenvalue weighted by molar-refractivity contribution is 5.97. The third-order valence-corrected chi connectivity index (χ3v) is 3.45. The number of esters is 2. The Morgan fingerprint density at radius 2 is 1.65 bits per heavy atom. The predicted octanol–water partition coefficient (Wildman–Crippen LogP) is 0.818. The molecule has 2 aliphatic rings. The summed E-state index contributed by atoms with van der Waals surface area (Å²) in [5.41, 5.74) is 1.20. The zero-order chi connectivity index (χ0) is 11.8. The molecular weight excluding hydrogens is 218 g/mol. The van der Waals surface area contributed by atoms with E-state index in [0.717, 1.165) is 6.54 Å². The van der Waals surface area contributed by atoms with E-state index in [1.165, 1.54) is 5.56 Å². The maximum Gasteiger partial charge on any atom is 0.318 e. The van der Waals surface area contributed by atoms with E-state index < -0.39 is 0 Å². The molecule has 1 aromatic carbocycles. The molecule has 0 unspecified atom stereocenters. The molecule has 0 saturated carbocycles. The first-order valence-corrected chi connectivity index (χ1v) is 5.76.